The van der Waals surface area contributed by atoms with Crippen LogP contribution in [0.15, 0.2) is 0 Å². The molecule has 0 rings (SSSR count). The summed E-state index contributed by atoms with van der Waals surface area (Å²) in [6, 6.07) is 0. The Kier molecular flexibility index (Phi) is 4.90. The van der Waals surface area contributed by atoms with Crippen LogP contribution in [0.1, 0.15) is 13.8 Å². The van der Waals surface area contributed by atoms with E-state index in [2.05, 4.69) is 19.2 Å². The molecule has 0 radical (unpaired) electrons. The topological polar surface area (TPSA) is 32.3 Å². The minimum absolute atomic E-state index is 0.102. The van der Waals surface area contributed by atoms with Gasteiger partial charge in [0.25, 0.3) is 0 Å². The lowest BCUT2D eigenvalue weighted by Gasteiger charge is -2.23. The minimum atomic E-state index is 0.102. The fraction of sp³-hybridized carbons (Fsp3) is 0.889. The number of nitrogens with zero attached hydrogens (tertiary/aromatic N) is 1. The molecule has 1 amide bonds. The number of hydrogen-bond acceptors (Lipinski definition) is 2. The fourth-order valence-corrected chi connectivity index (χ4v) is 1.16. The van der Waals surface area contributed by atoms with Crippen LogP contribution in [0.3, 0.4) is 0 Å². The SMILES string of the molecule is CNCC(C(=O)N(C)C)C(C)C. The van der Waals surface area contributed by atoms with E-state index < -0.39 is 0 Å². The molecular weight excluding hydrogens is 152 g/mol. The summed E-state index contributed by atoms with van der Waals surface area (Å²) < 4.78 is 0. The van der Waals surface area contributed by atoms with Crippen LogP contribution >= 0.6 is 0 Å². The highest BCUT2D eigenvalue weighted by atomic mass is 16.2. The second kappa shape index (κ2) is 5.14. The zero-order chi connectivity index (χ0) is 9.72. The van der Waals surface area contributed by atoms with Gasteiger partial charge in [-0.25, -0.2) is 0 Å². The van der Waals surface area contributed by atoms with Gasteiger partial charge in [0.05, 0.1) is 5.92 Å². The Morgan fingerprint density at radius 3 is 2.17 bits per heavy atom. The summed E-state index contributed by atoms with van der Waals surface area (Å²) in [6.07, 6.45) is 0. The number of amides is 1. The fourth-order valence-electron chi connectivity index (χ4n) is 1.16. The molecule has 0 bridgehead atoms. The van der Waals surface area contributed by atoms with Gasteiger partial charge < -0.3 is 10.2 Å². The lowest BCUT2D eigenvalue weighted by Crippen LogP contribution is -2.38. The van der Waals surface area contributed by atoms with E-state index in [9.17, 15) is 4.79 Å². The molecule has 1 atom stereocenters. The first-order valence-electron chi connectivity index (χ1n) is 4.36. The standard InChI is InChI=1S/C9H20N2O/c1-7(2)8(6-10-3)9(12)11(4)5/h7-8,10H,6H2,1-5H3. The van der Waals surface area contributed by atoms with Crippen LogP contribution < -0.4 is 5.32 Å². The lowest BCUT2D eigenvalue weighted by atomic mass is 9.94. The smallest absolute Gasteiger partial charge is 0.226 e. The molecule has 0 aliphatic heterocycles. The van der Waals surface area contributed by atoms with Gasteiger partial charge in [0.2, 0.25) is 5.91 Å². The van der Waals surface area contributed by atoms with E-state index >= 15 is 0 Å². The van der Waals surface area contributed by atoms with Gasteiger partial charge in [-0.1, -0.05) is 13.8 Å². The highest BCUT2D eigenvalue weighted by Crippen LogP contribution is 2.11. The molecule has 0 aromatic rings. The van der Waals surface area contributed by atoms with Crippen molar-refractivity contribution < 1.29 is 4.79 Å². The molecule has 0 aliphatic rings. The van der Waals surface area contributed by atoms with Crippen molar-refractivity contribution in [1.82, 2.24) is 10.2 Å². The highest BCUT2D eigenvalue weighted by molar-refractivity contribution is 5.78. The summed E-state index contributed by atoms with van der Waals surface area (Å²) in [5.74, 6) is 0.705. The predicted octanol–water partition coefficient (Wildman–Crippen LogP) is 0.566. The van der Waals surface area contributed by atoms with E-state index in [1.54, 1.807) is 19.0 Å². The third-order valence-electron chi connectivity index (χ3n) is 1.99. The van der Waals surface area contributed by atoms with Crippen molar-refractivity contribution in [3.8, 4) is 0 Å². The number of rotatable bonds is 4. The number of carbonyl (C=O) groups excluding carboxylic acids is 1. The molecule has 1 unspecified atom stereocenters. The van der Waals surface area contributed by atoms with Gasteiger partial charge in [0.15, 0.2) is 0 Å². The average molecular weight is 172 g/mol. The van der Waals surface area contributed by atoms with Crippen LogP contribution in [-0.2, 0) is 4.79 Å². The molecule has 1 N–H and O–H groups in total. The molecule has 0 fully saturated rings. The Bertz CT molecular complexity index is 143. The number of nitrogens with one attached hydrogen (secondary N) is 1. The van der Waals surface area contributed by atoms with Crippen molar-refractivity contribution in [2.45, 2.75) is 13.8 Å². The summed E-state index contributed by atoms with van der Waals surface area (Å²) in [6.45, 7) is 4.90. The molecule has 0 saturated carbocycles. The largest absolute Gasteiger partial charge is 0.349 e. The van der Waals surface area contributed by atoms with Gasteiger partial charge >= 0.3 is 0 Å². The highest BCUT2D eigenvalue weighted by Gasteiger charge is 2.22. The summed E-state index contributed by atoms with van der Waals surface area (Å²) >= 11 is 0. The molecule has 3 heteroatoms. The molecule has 0 heterocycles. The van der Waals surface area contributed by atoms with Crippen molar-refractivity contribution in [3.05, 3.63) is 0 Å². The average Bonchev–Trinajstić information content (AvgIpc) is 1.98. The van der Waals surface area contributed by atoms with Gasteiger partial charge in [0, 0.05) is 20.6 Å². The minimum Gasteiger partial charge on any atom is -0.349 e. The van der Waals surface area contributed by atoms with Crippen molar-refractivity contribution in [2.75, 3.05) is 27.7 Å². The Morgan fingerprint density at radius 1 is 1.42 bits per heavy atom. The maximum absolute atomic E-state index is 11.6. The maximum atomic E-state index is 11.6. The summed E-state index contributed by atoms with van der Waals surface area (Å²) in [7, 11) is 5.47. The second-order valence-corrected chi connectivity index (χ2v) is 3.64. The number of carbonyl (C=O) groups is 1. The quantitative estimate of drug-likeness (QED) is 0.672. The normalized spacial score (nSPS) is 13.2. The van der Waals surface area contributed by atoms with Gasteiger partial charge in [-0.3, -0.25) is 4.79 Å². The van der Waals surface area contributed by atoms with Crippen LogP contribution in [0.25, 0.3) is 0 Å². The van der Waals surface area contributed by atoms with Crippen molar-refractivity contribution in [1.29, 1.82) is 0 Å². The monoisotopic (exact) mass is 172 g/mol. The van der Waals surface area contributed by atoms with Crippen LogP contribution in [0, 0.1) is 11.8 Å². The third kappa shape index (κ3) is 3.22. The predicted molar refractivity (Wildman–Crippen MR) is 50.9 cm³/mol. The van der Waals surface area contributed by atoms with Crippen LogP contribution in [0.4, 0.5) is 0 Å². The molecular formula is C9H20N2O. The molecule has 0 saturated heterocycles. The van der Waals surface area contributed by atoms with E-state index in [0.29, 0.717) is 5.92 Å². The van der Waals surface area contributed by atoms with Crippen molar-refractivity contribution in [2.24, 2.45) is 11.8 Å². The zero-order valence-corrected chi connectivity index (χ0v) is 8.72. The Morgan fingerprint density at radius 2 is 1.92 bits per heavy atom. The lowest BCUT2D eigenvalue weighted by molar-refractivity contribution is -0.134. The molecule has 0 aromatic heterocycles. The zero-order valence-electron chi connectivity index (χ0n) is 8.72. The number of hydrogen-bond donors (Lipinski definition) is 1. The molecule has 0 aliphatic carbocycles. The van der Waals surface area contributed by atoms with Crippen molar-refractivity contribution in [3.63, 3.8) is 0 Å². The van der Waals surface area contributed by atoms with Gasteiger partial charge in [-0.05, 0) is 13.0 Å². The van der Waals surface area contributed by atoms with E-state index in [1.807, 2.05) is 7.05 Å². The molecule has 72 valence electrons. The third-order valence-corrected chi connectivity index (χ3v) is 1.99. The molecule has 3 nitrogen and oxygen atoms in total. The van der Waals surface area contributed by atoms with Gasteiger partial charge in [0.1, 0.15) is 0 Å². The van der Waals surface area contributed by atoms with Crippen molar-refractivity contribution >= 4 is 5.91 Å². The van der Waals surface area contributed by atoms with Crippen LogP contribution in [0.5, 0.6) is 0 Å². The Labute approximate surface area is 75.1 Å². The van der Waals surface area contributed by atoms with Gasteiger partial charge in [-0.2, -0.15) is 0 Å². The van der Waals surface area contributed by atoms with E-state index in [4.69, 9.17) is 0 Å². The Hall–Kier alpha value is -0.570. The summed E-state index contributed by atoms with van der Waals surface area (Å²) in [5.41, 5.74) is 0. The molecule has 0 spiro atoms. The molecule has 12 heavy (non-hydrogen) atoms. The summed E-state index contributed by atoms with van der Waals surface area (Å²) in [5, 5.41) is 3.04. The first-order valence-corrected chi connectivity index (χ1v) is 4.36. The van der Waals surface area contributed by atoms with Gasteiger partial charge in [-0.15, -0.1) is 0 Å². The van der Waals surface area contributed by atoms with E-state index in [1.165, 1.54) is 0 Å². The van der Waals surface area contributed by atoms with E-state index in [0.717, 1.165) is 6.54 Å². The summed E-state index contributed by atoms with van der Waals surface area (Å²) in [4.78, 5) is 13.2. The second-order valence-electron chi connectivity index (χ2n) is 3.64. The first-order chi connectivity index (χ1) is 5.50. The van der Waals surface area contributed by atoms with Crippen LogP contribution in [0.2, 0.25) is 0 Å². The van der Waals surface area contributed by atoms with E-state index in [-0.39, 0.29) is 11.8 Å². The Balaban J connectivity index is 4.19. The molecule has 0 aromatic carbocycles. The maximum Gasteiger partial charge on any atom is 0.226 e. The van der Waals surface area contributed by atoms with Crippen LogP contribution in [-0.4, -0.2) is 38.5 Å². The first kappa shape index (κ1) is 11.4.